The molecule has 5 nitrogen and oxygen atoms in total. The third-order valence-corrected chi connectivity index (χ3v) is 7.04. The molecule has 3 fully saturated rings. The van der Waals surface area contributed by atoms with Gasteiger partial charge in [-0.3, -0.25) is 9.69 Å². The van der Waals surface area contributed by atoms with Gasteiger partial charge in [-0.25, -0.2) is 0 Å². The molecule has 3 aliphatic rings. The first kappa shape index (κ1) is 18.0. The van der Waals surface area contributed by atoms with Gasteiger partial charge in [-0.2, -0.15) is 0 Å². The highest BCUT2D eigenvalue weighted by Gasteiger charge is 2.62. The molecule has 0 radical (unpaired) electrons. The maximum Gasteiger partial charge on any atom is 0.216 e. The number of methoxy groups -OCH3 is 1. The first-order chi connectivity index (χ1) is 13.6. The molecule has 5 rings (SSSR count). The van der Waals surface area contributed by atoms with Crippen LogP contribution in [-0.4, -0.2) is 49.3 Å². The van der Waals surface area contributed by atoms with Crippen LogP contribution in [0.4, 0.5) is 0 Å². The second-order valence-electron chi connectivity index (χ2n) is 8.60. The minimum absolute atomic E-state index is 0.0222. The van der Waals surface area contributed by atoms with Crippen molar-refractivity contribution in [3.8, 4) is 5.75 Å². The van der Waals surface area contributed by atoms with Crippen molar-refractivity contribution in [1.29, 1.82) is 0 Å². The molecule has 0 saturated carbocycles. The molecule has 1 spiro atoms. The summed E-state index contributed by atoms with van der Waals surface area (Å²) < 4.78 is 12.2. The molecule has 1 N–H and O–H groups in total. The van der Waals surface area contributed by atoms with Crippen molar-refractivity contribution < 1.29 is 14.3 Å². The maximum atomic E-state index is 11.4. The Hall–Kier alpha value is -2.11. The van der Waals surface area contributed by atoms with E-state index in [1.807, 2.05) is 0 Å². The van der Waals surface area contributed by atoms with Gasteiger partial charge in [0.05, 0.1) is 18.8 Å². The lowest BCUT2D eigenvalue weighted by Crippen LogP contribution is -2.41. The van der Waals surface area contributed by atoms with Crippen molar-refractivity contribution in [2.24, 2.45) is 11.8 Å². The average molecular weight is 380 g/mol. The molecule has 0 unspecified atom stereocenters. The van der Waals surface area contributed by atoms with Crippen molar-refractivity contribution in [3.63, 3.8) is 0 Å². The number of fused-ring (bicyclic) bond motifs is 2. The number of nitrogens with zero attached hydrogens (tertiary/aromatic N) is 1. The van der Waals surface area contributed by atoms with Gasteiger partial charge in [-0.1, -0.05) is 30.3 Å². The Balaban J connectivity index is 1.40. The summed E-state index contributed by atoms with van der Waals surface area (Å²) in [5, 5.41) is 5.54. The van der Waals surface area contributed by atoms with Gasteiger partial charge in [-0.05, 0) is 29.7 Å². The zero-order chi connectivity index (χ0) is 19.3. The van der Waals surface area contributed by atoms with E-state index in [1.54, 1.807) is 14.0 Å². The summed E-state index contributed by atoms with van der Waals surface area (Å²) in [5.41, 5.74) is 1.23. The second-order valence-corrected chi connectivity index (χ2v) is 8.60. The SMILES string of the molecule is COc1ccc2ccccc2c1CN1C[C@@H]2[C@H](CNC(C)=O)[C@H]3CC[C@]2(C1)O3. The van der Waals surface area contributed by atoms with Crippen molar-refractivity contribution in [3.05, 3.63) is 42.0 Å². The second kappa shape index (κ2) is 6.75. The summed E-state index contributed by atoms with van der Waals surface area (Å²) >= 11 is 0. The maximum absolute atomic E-state index is 11.4. The Morgan fingerprint density at radius 3 is 3.00 bits per heavy atom. The van der Waals surface area contributed by atoms with Crippen LogP contribution in [0.3, 0.4) is 0 Å². The molecule has 0 aliphatic carbocycles. The van der Waals surface area contributed by atoms with Gasteiger partial charge in [0, 0.05) is 50.5 Å². The van der Waals surface area contributed by atoms with E-state index in [9.17, 15) is 4.79 Å². The van der Waals surface area contributed by atoms with Crippen LogP contribution in [0, 0.1) is 11.8 Å². The number of hydrogen-bond donors (Lipinski definition) is 1. The molecule has 28 heavy (non-hydrogen) atoms. The van der Waals surface area contributed by atoms with Gasteiger partial charge in [-0.15, -0.1) is 0 Å². The number of benzene rings is 2. The fourth-order valence-corrected chi connectivity index (χ4v) is 5.84. The zero-order valence-corrected chi connectivity index (χ0v) is 16.6. The molecule has 4 atom stereocenters. The predicted octanol–water partition coefficient (Wildman–Crippen LogP) is 2.96. The van der Waals surface area contributed by atoms with E-state index >= 15 is 0 Å². The topological polar surface area (TPSA) is 50.8 Å². The van der Waals surface area contributed by atoms with Crippen LogP contribution in [0.2, 0.25) is 0 Å². The monoisotopic (exact) mass is 380 g/mol. The molecule has 2 aromatic carbocycles. The van der Waals surface area contributed by atoms with Gasteiger partial charge >= 0.3 is 0 Å². The Morgan fingerprint density at radius 2 is 2.18 bits per heavy atom. The van der Waals surface area contributed by atoms with E-state index in [4.69, 9.17) is 9.47 Å². The number of hydrogen-bond acceptors (Lipinski definition) is 4. The lowest BCUT2D eigenvalue weighted by molar-refractivity contribution is -0.119. The van der Waals surface area contributed by atoms with Crippen molar-refractivity contribution in [2.75, 3.05) is 26.7 Å². The number of ether oxygens (including phenoxy) is 2. The summed E-state index contributed by atoms with van der Waals surface area (Å²) in [6.07, 6.45) is 2.57. The van der Waals surface area contributed by atoms with Crippen molar-refractivity contribution >= 4 is 16.7 Å². The van der Waals surface area contributed by atoms with E-state index in [0.29, 0.717) is 17.9 Å². The van der Waals surface area contributed by atoms with Crippen LogP contribution in [0.1, 0.15) is 25.3 Å². The Bertz CT molecular complexity index is 914. The summed E-state index contributed by atoms with van der Waals surface area (Å²) in [5.74, 6) is 1.93. The molecular weight excluding hydrogens is 352 g/mol. The fraction of sp³-hybridized carbons (Fsp3) is 0.522. The van der Waals surface area contributed by atoms with E-state index in [2.05, 4.69) is 46.6 Å². The normalized spacial score (nSPS) is 31.3. The highest BCUT2D eigenvalue weighted by molar-refractivity contribution is 5.87. The van der Waals surface area contributed by atoms with Gasteiger partial charge < -0.3 is 14.8 Å². The molecule has 5 heteroatoms. The smallest absolute Gasteiger partial charge is 0.216 e. The molecule has 1 amide bonds. The Kier molecular flexibility index (Phi) is 4.33. The molecule has 3 saturated heterocycles. The van der Waals surface area contributed by atoms with Crippen LogP contribution in [0.15, 0.2) is 36.4 Å². The zero-order valence-electron chi connectivity index (χ0n) is 16.6. The van der Waals surface area contributed by atoms with E-state index in [0.717, 1.165) is 44.8 Å². The van der Waals surface area contributed by atoms with E-state index in [-0.39, 0.29) is 11.5 Å². The van der Waals surface area contributed by atoms with Crippen molar-refractivity contribution in [1.82, 2.24) is 10.2 Å². The number of carbonyl (C=O) groups excluding carboxylic acids is 1. The summed E-state index contributed by atoms with van der Waals surface area (Å²) in [6, 6.07) is 12.7. The standard InChI is InChI=1S/C23H28N2O3/c1-15(26)24-11-18-20-13-25(14-23(20)10-9-22(18)28-23)12-19-17-6-4-3-5-16(17)7-8-21(19)27-2/h3-8,18,20,22H,9-14H2,1-2H3,(H,24,26)/t18-,20+,22+,23+/m0/s1. The van der Waals surface area contributed by atoms with Gasteiger partial charge in [0.25, 0.3) is 0 Å². The van der Waals surface area contributed by atoms with Crippen LogP contribution >= 0.6 is 0 Å². The molecule has 148 valence electrons. The third-order valence-electron chi connectivity index (χ3n) is 7.04. The Morgan fingerprint density at radius 1 is 1.32 bits per heavy atom. The number of nitrogens with one attached hydrogen (secondary N) is 1. The third kappa shape index (κ3) is 2.80. The summed E-state index contributed by atoms with van der Waals surface area (Å²) in [4.78, 5) is 13.9. The van der Waals surface area contributed by atoms with Gasteiger partial charge in [0.1, 0.15) is 5.75 Å². The largest absolute Gasteiger partial charge is 0.496 e. The number of rotatable bonds is 5. The quantitative estimate of drug-likeness (QED) is 0.867. The summed E-state index contributed by atoms with van der Waals surface area (Å²) in [7, 11) is 1.75. The van der Waals surface area contributed by atoms with Crippen LogP contribution in [0.25, 0.3) is 10.8 Å². The Labute approximate surface area is 166 Å². The first-order valence-electron chi connectivity index (χ1n) is 10.3. The van der Waals surface area contributed by atoms with Gasteiger partial charge in [0.15, 0.2) is 0 Å². The lowest BCUT2D eigenvalue weighted by Gasteiger charge is -2.29. The molecule has 2 bridgehead atoms. The van der Waals surface area contributed by atoms with Gasteiger partial charge in [0.2, 0.25) is 5.91 Å². The average Bonchev–Trinajstić information content (AvgIpc) is 3.34. The number of likely N-dealkylation sites (tertiary alicyclic amines) is 1. The fourth-order valence-electron chi connectivity index (χ4n) is 5.84. The predicted molar refractivity (Wildman–Crippen MR) is 108 cm³/mol. The van der Waals surface area contributed by atoms with Crippen LogP contribution in [0.5, 0.6) is 5.75 Å². The number of amides is 1. The highest BCUT2D eigenvalue weighted by atomic mass is 16.5. The van der Waals surface area contributed by atoms with E-state index in [1.165, 1.54) is 16.3 Å². The molecule has 0 aromatic heterocycles. The molecular formula is C23H28N2O3. The summed E-state index contributed by atoms with van der Waals surface area (Å²) in [6.45, 7) is 5.18. The van der Waals surface area contributed by atoms with E-state index < -0.39 is 0 Å². The molecule has 3 heterocycles. The molecule has 2 aromatic rings. The minimum atomic E-state index is -0.0222. The first-order valence-corrected chi connectivity index (χ1v) is 10.3. The molecule has 3 aliphatic heterocycles. The number of carbonyl (C=O) groups is 1. The minimum Gasteiger partial charge on any atom is -0.496 e. The highest BCUT2D eigenvalue weighted by Crippen LogP contribution is 2.55. The van der Waals surface area contributed by atoms with Crippen molar-refractivity contribution in [2.45, 2.75) is 38.0 Å². The lowest BCUT2D eigenvalue weighted by atomic mass is 9.73. The van der Waals surface area contributed by atoms with Crippen LogP contribution in [-0.2, 0) is 16.1 Å². The van der Waals surface area contributed by atoms with Crippen LogP contribution < -0.4 is 10.1 Å².